The van der Waals surface area contributed by atoms with Gasteiger partial charge in [0.25, 0.3) is 0 Å². The van der Waals surface area contributed by atoms with E-state index in [4.69, 9.17) is 14.2 Å². The van der Waals surface area contributed by atoms with Gasteiger partial charge in [-0.2, -0.15) is 0 Å². The van der Waals surface area contributed by atoms with E-state index in [0.29, 0.717) is 19.3 Å². The Bertz CT molecular complexity index is 1070. The summed E-state index contributed by atoms with van der Waals surface area (Å²) in [6.07, 6.45) is 52.2. The zero-order valence-corrected chi connectivity index (χ0v) is 41.6. The van der Waals surface area contributed by atoms with Crippen LogP contribution in [0.25, 0.3) is 0 Å². The van der Waals surface area contributed by atoms with Gasteiger partial charge in [0.2, 0.25) is 0 Å². The molecule has 2 unspecified atom stereocenters. The summed E-state index contributed by atoms with van der Waals surface area (Å²) < 4.78 is 17.4. The smallest absolute Gasteiger partial charge is 0.362 e. The number of rotatable bonds is 48. The summed E-state index contributed by atoms with van der Waals surface area (Å²) in [5, 5.41) is 9.65. The maximum absolute atomic E-state index is 12.8. The van der Waals surface area contributed by atoms with Crippen LogP contribution in [0.15, 0.2) is 24.3 Å². The van der Waals surface area contributed by atoms with Gasteiger partial charge < -0.3 is 23.8 Å². The number of carboxylic acid groups (broad SMARTS) is 1. The van der Waals surface area contributed by atoms with Crippen LogP contribution >= 0.6 is 0 Å². The minimum Gasteiger partial charge on any atom is -0.477 e. The van der Waals surface area contributed by atoms with Crippen molar-refractivity contribution in [2.45, 2.75) is 264 Å². The minimum atomic E-state index is -0.873. The summed E-state index contributed by atoms with van der Waals surface area (Å²) in [5.41, 5.74) is 0. The number of aliphatic carboxylic acids is 1. The van der Waals surface area contributed by atoms with Gasteiger partial charge in [0.1, 0.15) is 6.61 Å². The van der Waals surface area contributed by atoms with Crippen molar-refractivity contribution >= 4 is 17.9 Å². The Kier molecular flexibility index (Phi) is 43.8. The molecule has 0 amide bonds. The van der Waals surface area contributed by atoms with Crippen molar-refractivity contribution in [2.75, 3.05) is 41.0 Å². The van der Waals surface area contributed by atoms with Crippen LogP contribution in [0.1, 0.15) is 251 Å². The van der Waals surface area contributed by atoms with E-state index in [1.165, 1.54) is 167 Å². The fourth-order valence-electron chi connectivity index (χ4n) is 8.01. The van der Waals surface area contributed by atoms with Gasteiger partial charge in [-0.25, -0.2) is 4.79 Å². The summed E-state index contributed by atoms with van der Waals surface area (Å²) in [6.45, 7) is 4.77. The summed E-state index contributed by atoms with van der Waals surface area (Å²) in [7, 11) is 5.54. The number of esters is 2. The Morgan fingerprint density at radius 3 is 1.24 bits per heavy atom. The molecule has 62 heavy (non-hydrogen) atoms. The topological polar surface area (TPSA) is 99.1 Å². The number of likely N-dealkylation sites (N-methyl/N-ethyl adjacent to an activating group) is 1. The molecule has 0 aliphatic carbocycles. The molecule has 0 aromatic rings. The number of carbonyl (C=O) groups excluding carboxylic acids is 2. The lowest BCUT2D eigenvalue weighted by Gasteiger charge is -2.31. The van der Waals surface area contributed by atoms with E-state index in [0.717, 1.165) is 51.4 Å². The van der Waals surface area contributed by atoms with Crippen LogP contribution in [-0.2, 0) is 28.6 Å². The van der Waals surface area contributed by atoms with Gasteiger partial charge in [0.15, 0.2) is 12.1 Å². The van der Waals surface area contributed by atoms with E-state index in [1.807, 2.05) is 21.1 Å². The molecule has 2 atom stereocenters. The van der Waals surface area contributed by atoms with Crippen molar-refractivity contribution in [3.05, 3.63) is 24.3 Å². The van der Waals surface area contributed by atoms with Crippen molar-refractivity contribution < 1.29 is 38.2 Å². The fraction of sp³-hybridized carbons (Fsp3) is 0.870. The zero-order chi connectivity index (χ0) is 45.6. The molecule has 0 aromatic heterocycles. The Morgan fingerprint density at radius 2 is 0.855 bits per heavy atom. The number of quaternary nitrogens is 1. The summed E-state index contributed by atoms with van der Waals surface area (Å²) >= 11 is 0. The summed E-state index contributed by atoms with van der Waals surface area (Å²) in [6, 6.07) is -0.614. The van der Waals surface area contributed by atoms with Gasteiger partial charge in [-0.3, -0.25) is 9.59 Å². The van der Waals surface area contributed by atoms with Crippen LogP contribution in [-0.4, -0.2) is 80.6 Å². The standard InChI is InChI=1S/C54H101NO7/c1-6-8-10-12-14-16-18-20-22-24-25-26-27-28-29-31-33-35-37-39-41-43-45-53(57)62-50(48-60-47-46-51(54(58)59)55(3,4)5)49-61-52(56)44-42-40-38-36-34-32-30-23-21-19-17-15-13-11-9-7-2/h24-25,27-28,50-51H,6-23,26,29-49H2,1-5H3/p+1/b25-24+,28-27+. The van der Waals surface area contributed by atoms with Crippen LogP contribution < -0.4 is 0 Å². The van der Waals surface area contributed by atoms with Crippen molar-refractivity contribution in [2.24, 2.45) is 0 Å². The molecule has 8 nitrogen and oxygen atoms in total. The minimum absolute atomic E-state index is 0.0492. The predicted octanol–water partition coefficient (Wildman–Crippen LogP) is 15.2. The summed E-state index contributed by atoms with van der Waals surface area (Å²) in [4.78, 5) is 37.2. The normalized spacial score (nSPS) is 13.0. The van der Waals surface area contributed by atoms with Crippen molar-refractivity contribution in [1.82, 2.24) is 0 Å². The molecular weight excluding hydrogens is 775 g/mol. The second-order valence-electron chi connectivity index (χ2n) is 19.1. The molecule has 0 saturated heterocycles. The second kappa shape index (κ2) is 45.4. The van der Waals surface area contributed by atoms with Crippen molar-refractivity contribution in [3.63, 3.8) is 0 Å². The third kappa shape index (κ3) is 43.1. The quantitative estimate of drug-likeness (QED) is 0.0281. The number of hydrogen-bond donors (Lipinski definition) is 1. The summed E-state index contributed by atoms with van der Waals surface area (Å²) in [5.74, 6) is -1.46. The number of nitrogens with zero attached hydrogens (tertiary/aromatic N) is 1. The first-order valence-corrected chi connectivity index (χ1v) is 26.4. The number of ether oxygens (including phenoxy) is 3. The fourth-order valence-corrected chi connectivity index (χ4v) is 8.01. The van der Waals surface area contributed by atoms with Crippen molar-refractivity contribution in [1.29, 1.82) is 0 Å². The Balaban J connectivity index is 4.22. The van der Waals surface area contributed by atoms with E-state index in [1.54, 1.807) is 0 Å². The molecule has 0 radical (unpaired) electrons. The Morgan fingerprint density at radius 1 is 0.484 bits per heavy atom. The molecule has 0 aliphatic heterocycles. The first-order valence-electron chi connectivity index (χ1n) is 26.4. The van der Waals surface area contributed by atoms with E-state index in [9.17, 15) is 19.5 Å². The third-order valence-corrected chi connectivity index (χ3v) is 12.1. The van der Waals surface area contributed by atoms with Crippen LogP contribution in [0, 0.1) is 0 Å². The van der Waals surface area contributed by atoms with Crippen LogP contribution in [0.2, 0.25) is 0 Å². The highest BCUT2D eigenvalue weighted by molar-refractivity contribution is 5.72. The first kappa shape index (κ1) is 59.8. The zero-order valence-electron chi connectivity index (χ0n) is 41.6. The van der Waals surface area contributed by atoms with E-state index >= 15 is 0 Å². The van der Waals surface area contributed by atoms with Gasteiger partial charge in [-0.05, 0) is 44.9 Å². The van der Waals surface area contributed by atoms with E-state index in [-0.39, 0.29) is 36.2 Å². The van der Waals surface area contributed by atoms with E-state index < -0.39 is 18.1 Å². The van der Waals surface area contributed by atoms with Crippen LogP contribution in [0.4, 0.5) is 0 Å². The van der Waals surface area contributed by atoms with Gasteiger partial charge in [-0.15, -0.1) is 0 Å². The van der Waals surface area contributed by atoms with Gasteiger partial charge >= 0.3 is 17.9 Å². The molecule has 0 spiro atoms. The SMILES string of the molecule is CCCCCCCCCC/C=C/C/C=C/CCCCCCCCCC(=O)OC(COCCC(C(=O)O)[N+](C)(C)C)COC(=O)CCCCCCCCCCCCCCCCCC. The van der Waals surface area contributed by atoms with Gasteiger partial charge in [0.05, 0.1) is 34.4 Å². The maximum atomic E-state index is 12.8. The van der Waals surface area contributed by atoms with Gasteiger partial charge in [0, 0.05) is 19.3 Å². The van der Waals surface area contributed by atoms with Crippen LogP contribution in [0.5, 0.6) is 0 Å². The largest absolute Gasteiger partial charge is 0.477 e. The number of carbonyl (C=O) groups is 3. The molecule has 0 aromatic carbocycles. The predicted molar refractivity (Wildman–Crippen MR) is 262 cm³/mol. The van der Waals surface area contributed by atoms with Crippen LogP contribution in [0.3, 0.4) is 0 Å². The molecule has 0 heterocycles. The lowest BCUT2D eigenvalue weighted by atomic mass is 10.0. The highest BCUT2D eigenvalue weighted by Gasteiger charge is 2.31. The highest BCUT2D eigenvalue weighted by Crippen LogP contribution is 2.16. The van der Waals surface area contributed by atoms with Gasteiger partial charge in [-0.1, -0.05) is 212 Å². The van der Waals surface area contributed by atoms with E-state index in [2.05, 4.69) is 38.2 Å². The molecule has 0 rings (SSSR count). The molecule has 8 heteroatoms. The number of allylic oxidation sites excluding steroid dienone is 4. The molecule has 0 fully saturated rings. The third-order valence-electron chi connectivity index (χ3n) is 12.1. The molecule has 364 valence electrons. The first-order chi connectivity index (χ1) is 30.1. The lowest BCUT2D eigenvalue weighted by Crippen LogP contribution is -2.50. The van der Waals surface area contributed by atoms with Crippen molar-refractivity contribution in [3.8, 4) is 0 Å². The average molecular weight is 877 g/mol. The number of carboxylic acids is 1. The average Bonchev–Trinajstić information content (AvgIpc) is 3.23. The molecule has 0 saturated carbocycles. The molecular formula is C54H102NO7+. The molecule has 1 N–H and O–H groups in total. The highest BCUT2D eigenvalue weighted by atomic mass is 16.6. The number of unbranched alkanes of at least 4 members (excludes halogenated alkanes) is 30. The lowest BCUT2D eigenvalue weighted by molar-refractivity contribution is -0.887. The Labute approximate surface area is 383 Å². The Hall–Kier alpha value is -2.19. The molecule has 0 aliphatic rings. The monoisotopic (exact) mass is 877 g/mol. The number of hydrogen-bond acceptors (Lipinski definition) is 6. The molecule has 0 bridgehead atoms. The maximum Gasteiger partial charge on any atom is 0.362 e. The second-order valence-corrected chi connectivity index (χ2v) is 19.1.